The second-order valence-electron chi connectivity index (χ2n) is 4.98. The van der Waals surface area contributed by atoms with Gasteiger partial charge >= 0.3 is 5.97 Å². The summed E-state index contributed by atoms with van der Waals surface area (Å²) in [4.78, 5) is 20.5. The molecule has 0 fully saturated rings. The summed E-state index contributed by atoms with van der Waals surface area (Å²) in [5.41, 5.74) is 3.52. The zero-order chi connectivity index (χ0) is 16.2. The lowest BCUT2D eigenvalue weighted by atomic mass is 10.2. The lowest BCUT2D eigenvalue weighted by Crippen LogP contribution is -2.07. The van der Waals surface area contributed by atoms with E-state index in [1.165, 1.54) is 0 Å². The van der Waals surface area contributed by atoms with Crippen LogP contribution in [0.5, 0.6) is 0 Å². The predicted molar refractivity (Wildman–Crippen MR) is 85.3 cm³/mol. The van der Waals surface area contributed by atoms with Crippen LogP contribution in [0.15, 0.2) is 48.9 Å². The number of carbonyl (C=O) groups excluding carboxylic acids is 1. The molecule has 0 atom stereocenters. The summed E-state index contributed by atoms with van der Waals surface area (Å²) in [6.45, 7) is 4.05. The van der Waals surface area contributed by atoms with E-state index in [1.807, 2.05) is 31.2 Å². The number of aryl methyl sites for hydroxylation is 1. The number of pyridine rings is 2. The molecule has 6 heteroatoms. The van der Waals surface area contributed by atoms with E-state index in [0.29, 0.717) is 12.3 Å². The Labute approximate surface area is 133 Å². The van der Waals surface area contributed by atoms with E-state index in [4.69, 9.17) is 4.74 Å². The van der Waals surface area contributed by atoms with Crippen LogP contribution in [0.1, 0.15) is 23.0 Å². The number of aromatic nitrogens is 4. The zero-order valence-corrected chi connectivity index (χ0v) is 12.9. The van der Waals surface area contributed by atoms with Gasteiger partial charge in [-0.15, -0.1) is 0 Å². The van der Waals surface area contributed by atoms with Crippen LogP contribution in [-0.4, -0.2) is 32.3 Å². The van der Waals surface area contributed by atoms with E-state index in [2.05, 4.69) is 15.1 Å². The van der Waals surface area contributed by atoms with Gasteiger partial charge in [0.05, 0.1) is 29.9 Å². The highest BCUT2D eigenvalue weighted by molar-refractivity contribution is 5.88. The van der Waals surface area contributed by atoms with E-state index in [9.17, 15) is 4.79 Å². The predicted octanol–water partition coefficient (Wildman–Crippen LogP) is 2.81. The van der Waals surface area contributed by atoms with Crippen molar-refractivity contribution in [2.75, 3.05) is 6.61 Å². The van der Waals surface area contributed by atoms with Gasteiger partial charge in [-0.25, -0.2) is 9.48 Å². The van der Waals surface area contributed by atoms with Crippen LogP contribution >= 0.6 is 0 Å². The molecular formula is C17H16N4O2. The topological polar surface area (TPSA) is 69.9 Å². The molecule has 0 unspecified atom stereocenters. The van der Waals surface area contributed by atoms with Gasteiger partial charge in [0.1, 0.15) is 0 Å². The average Bonchev–Trinajstić information content (AvgIpc) is 3.01. The van der Waals surface area contributed by atoms with Crippen molar-refractivity contribution in [1.29, 1.82) is 0 Å². The SMILES string of the molecule is CCOC(=O)c1cc(-c2cc(C)ccn2)n(-c2cccnc2)n1. The van der Waals surface area contributed by atoms with Crippen LogP contribution in [0.3, 0.4) is 0 Å². The van der Waals surface area contributed by atoms with Crippen LogP contribution in [0.2, 0.25) is 0 Å². The van der Waals surface area contributed by atoms with E-state index in [1.54, 1.807) is 36.3 Å². The van der Waals surface area contributed by atoms with Crippen LogP contribution in [0.4, 0.5) is 0 Å². The number of ether oxygens (including phenoxy) is 1. The minimum atomic E-state index is -0.455. The first-order valence-corrected chi connectivity index (χ1v) is 7.29. The molecule has 0 radical (unpaired) electrons. The van der Waals surface area contributed by atoms with Gasteiger partial charge in [-0.2, -0.15) is 5.10 Å². The maximum atomic E-state index is 12.0. The number of hydrogen-bond acceptors (Lipinski definition) is 5. The molecule has 0 saturated heterocycles. The molecule has 6 nitrogen and oxygen atoms in total. The summed E-state index contributed by atoms with van der Waals surface area (Å²) in [5, 5.41) is 4.37. The second-order valence-corrected chi connectivity index (χ2v) is 4.98. The Morgan fingerprint density at radius 2 is 2.13 bits per heavy atom. The molecule has 0 saturated carbocycles. The number of esters is 1. The first-order chi connectivity index (χ1) is 11.2. The van der Waals surface area contributed by atoms with E-state index >= 15 is 0 Å². The Morgan fingerprint density at radius 1 is 1.26 bits per heavy atom. The lowest BCUT2D eigenvalue weighted by Gasteiger charge is -2.06. The van der Waals surface area contributed by atoms with E-state index in [-0.39, 0.29) is 5.69 Å². The molecule has 23 heavy (non-hydrogen) atoms. The van der Waals surface area contributed by atoms with Crippen LogP contribution in [-0.2, 0) is 4.74 Å². The highest BCUT2D eigenvalue weighted by atomic mass is 16.5. The third-order valence-corrected chi connectivity index (χ3v) is 3.26. The Bertz CT molecular complexity index is 828. The highest BCUT2D eigenvalue weighted by Gasteiger charge is 2.18. The number of nitrogens with zero attached hydrogens (tertiary/aromatic N) is 4. The smallest absolute Gasteiger partial charge is 0.358 e. The zero-order valence-electron chi connectivity index (χ0n) is 12.9. The quantitative estimate of drug-likeness (QED) is 0.693. The standard InChI is InChI=1S/C17H16N4O2/c1-3-23-17(22)15-10-16(14-9-12(2)6-8-19-14)21(20-15)13-5-4-7-18-11-13/h4-11H,3H2,1-2H3. The highest BCUT2D eigenvalue weighted by Crippen LogP contribution is 2.23. The molecule has 3 aromatic rings. The number of hydrogen-bond donors (Lipinski definition) is 0. The van der Waals surface area contributed by atoms with Gasteiger partial charge in [0.25, 0.3) is 0 Å². The summed E-state index contributed by atoms with van der Waals surface area (Å²) in [7, 11) is 0. The lowest BCUT2D eigenvalue weighted by molar-refractivity contribution is 0.0519. The van der Waals surface area contributed by atoms with Gasteiger partial charge in [-0.1, -0.05) is 0 Å². The number of rotatable bonds is 4. The summed E-state index contributed by atoms with van der Waals surface area (Å²) < 4.78 is 6.69. The molecule has 3 aromatic heterocycles. The normalized spacial score (nSPS) is 10.5. The minimum absolute atomic E-state index is 0.244. The molecule has 3 rings (SSSR count). The monoisotopic (exact) mass is 308 g/mol. The largest absolute Gasteiger partial charge is 0.461 e. The van der Waals surface area contributed by atoms with Gasteiger partial charge < -0.3 is 4.74 Å². The Hall–Kier alpha value is -3.02. The molecule has 0 aromatic carbocycles. The van der Waals surface area contributed by atoms with Crippen molar-refractivity contribution in [2.45, 2.75) is 13.8 Å². The van der Waals surface area contributed by atoms with Gasteiger partial charge in [0.2, 0.25) is 0 Å². The summed E-state index contributed by atoms with van der Waals surface area (Å²) in [6.07, 6.45) is 5.10. The first kappa shape index (κ1) is 14.9. The fourth-order valence-corrected chi connectivity index (χ4v) is 2.22. The fraction of sp³-hybridized carbons (Fsp3) is 0.176. The molecule has 0 amide bonds. The van der Waals surface area contributed by atoms with Gasteiger partial charge in [0.15, 0.2) is 5.69 Å². The van der Waals surface area contributed by atoms with Crippen molar-refractivity contribution >= 4 is 5.97 Å². The molecule has 0 aliphatic heterocycles. The third-order valence-electron chi connectivity index (χ3n) is 3.26. The molecule has 3 heterocycles. The molecule has 116 valence electrons. The summed E-state index contributed by atoms with van der Waals surface area (Å²) in [6, 6.07) is 9.23. The average molecular weight is 308 g/mol. The molecule has 0 aliphatic rings. The maximum absolute atomic E-state index is 12.0. The van der Waals surface area contributed by atoms with Crippen molar-refractivity contribution in [2.24, 2.45) is 0 Å². The van der Waals surface area contributed by atoms with Crippen molar-refractivity contribution in [3.8, 4) is 17.1 Å². The first-order valence-electron chi connectivity index (χ1n) is 7.29. The van der Waals surface area contributed by atoms with Crippen LogP contribution < -0.4 is 0 Å². The molecule has 0 bridgehead atoms. The van der Waals surface area contributed by atoms with Crippen molar-refractivity contribution in [3.05, 3.63) is 60.2 Å². The fourth-order valence-electron chi connectivity index (χ4n) is 2.22. The Balaban J connectivity index is 2.14. The Kier molecular flexibility index (Phi) is 4.14. The summed E-state index contributed by atoms with van der Waals surface area (Å²) >= 11 is 0. The van der Waals surface area contributed by atoms with Crippen molar-refractivity contribution in [3.63, 3.8) is 0 Å². The summed E-state index contributed by atoms with van der Waals surface area (Å²) in [5.74, 6) is -0.455. The van der Waals surface area contributed by atoms with Crippen molar-refractivity contribution in [1.82, 2.24) is 19.7 Å². The van der Waals surface area contributed by atoms with Gasteiger partial charge in [-0.05, 0) is 43.7 Å². The van der Waals surface area contributed by atoms with Crippen LogP contribution in [0.25, 0.3) is 17.1 Å². The van der Waals surface area contributed by atoms with Gasteiger partial charge in [0, 0.05) is 18.5 Å². The molecule has 0 aliphatic carbocycles. The van der Waals surface area contributed by atoms with E-state index in [0.717, 1.165) is 16.9 Å². The van der Waals surface area contributed by atoms with Crippen molar-refractivity contribution < 1.29 is 9.53 Å². The van der Waals surface area contributed by atoms with E-state index < -0.39 is 5.97 Å². The minimum Gasteiger partial charge on any atom is -0.461 e. The Morgan fingerprint density at radius 3 is 2.83 bits per heavy atom. The van der Waals surface area contributed by atoms with Crippen LogP contribution in [0, 0.1) is 6.92 Å². The third kappa shape index (κ3) is 3.11. The molecule has 0 N–H and O–H groups in total. The number of carbonyl (C=O) groups is 1. The second kappa shape index (κ2) is 6.39. The molecule has 0 spiro atoms. The molecular weight excluding hydrogens is 292 g/mol. The maximum Gasteiger partial charge on any atom is 0.358 e. The van der Waals surface area contributed by atoms with Gasteiger partial charge in [-0.3, -0.25) is 9.97 Å².